The molecule has 0 unspecified atom stereocenters. The molecule has 0 atom stereocenters. The number of hydrogen-bond donors (Lipinski definition) is 0. The topological polar surface area (TPSA) is 27.1 Å². The van der Waals surface area contributed by atoms with Crippen LogP contribution in [-0.2, 0) is 11.0 Å². The van der Waals surface area contributed by atoms with E-state index in [9.17, 15) is 0 Å². The fraction of sp³-hybridized carbons (Fsp3) is 0.350. The van der Waals surface area contributed by atoms with Gasteiger partial charge in [-0.1, -0.05) is 54.9 Å². The Labute approximate surface area is 159 Å². The maximum atomic E-state index is 6.36. The number of halogens is 1. The summed E-state index contributed by atoms with van der Waals surface area (Å²) in [6, 6.07) is 14.7. The van der Waals surface area contributed by atoms with Crippen LogP contribution in [-0.4, -0.2) is 18.1 Å². The maximum absolute atomic E-state index is 6.36. The molecule has 0 saturated carbocycles. The standard InChI is InChI=1S/C20H25BrN2OSi/c1-20(2,3)25(4,5)24-14-15-7-6-8-18(11-15)23-19-12-17(21)10-9-16(19)13-22-23/h6-13H,14H2,1-5H3. The van der Waals surface area contributed by atoms with Gasteiger partial charge in [0.25, 0.3) is 0 Å². The van der Waals surface area contributed by atoms with Crippen molar-refractivity contribution in [3.8, 4) is 5.69 Å². The fourth-order valence-corrected chi connectivity index (χ4v) is 3.77. The van der Waals surface area contributed by atoms with Crippen LogP contribution in [0.2, 0.25) is 18.1 Å². The first kappa shape index (κ1) is 18.4. The molecule has 132 valence electrons. The maximum Gasteiger partial charge on any atom is 0.192 e. The molecular formula is C20H25BrN2OSi. The van der Waals surface area contributed by atoms with Crippen LogP contribution in [0.1, 0.15) is 26.3 Å². The molecule has 1 heterocycles. The van der Waals surface area contributed by atoms with Gasteiger partial charge in [0.2, 0.25) is 0 Å². The Bertz CT molecular complexity index is 896. The van der Waals surface area contributed by atoms with E-state index in [2.05, 4.69) is 91.3 Å². The zero-order chi connectivity index (χ0) is 18.2. The van der Waals surface area contributed by atoms with Crippen LogP contribution in [0.15, 0.2) is 53.1 Å². The van der Waals surface area contributed by atoms with Gasteiger partial charge in [-0.05, 0) is 48.0 Å². The smallest absolute Gasteiger partial charge is 0.192 e. The molecule has 3 rings (SSSR count). The van der Waals surface area contributed by atoms with Gasteiger partial charge < -0.3 is 4.43 Å². The van der Waals surface area contributed by atoms with Crippen molar-refractivity contribution < 1.29 is 4.43 Å². The highest BCUT2D eigenvalue weighted by Gasteiger charge is 2.37. The lowest BCUT2D eigenvalue weighted by molar-refractivity contribution is 0.276. The zero-order valence-corrected chi connectivity index (χ0v) is 18.1. The summed E-state index contributed by atoms with van der Waals surface area (Å²) >= 11 is 3.55. The van der Waals surface area contributed by atoms with E-state index in [4.69, 9.17) is 4.43 Å². The SMILES string of the molecule is CC(C)(C)[Si](C)(C)OCc1cccc(-n2ncc3ccc(Br)cc32)c1. The minimum absolute atomic E-state index is 0.217. The summed E-state index contributed by atoms with van der Waals surface area (Å²) in [7, 11) is -1.75. The van der Waals surface area contributed by atoms with Gasteiger partial charge in [0, 0.05) is 9.86 Å². The highest BCUT2D eigenvalue weighted by atomic mass is 79.9. The van der Waals surface area contributed by atoms with Crippen molar-refractivity contribution in [3.05, 3.63) is 58.7 Å². The Morgan fingerprint density at radius 2 is 1.88 bits per heavy atom. The van der Waals surface area contributed by atoms with Crippen molar-refractivity contribution in [2.24, 2.45) is 0 Å². The van der Waals surface area contributed by atoms with E-state index in [1.807, 2.05) is 16.9 Å². The van der Waals surface area contributed by atoms with E-state index in [1.165, 1.54) is 5.56 Å². The van der Waals surface area contributed by atoms with Crippen molar-refractivity contribution in [1.29, 1.82) is 0 Å². The third kappa shape index (κ3) is 3.89. The molecule has 0 amide bonds. The first-order valence-electron chi connectivity index (χ1n) is 8.54. The molecule has 1 aromatic heterocycles. The number of rotatable bonds is 4. The number of hydrogen-bond acceptors (Lipinski definition) is 2. The summed E-state index contributed by atoms with van der Waals surface area (Å²) in [6.45, 7) is 12.0. The van der Waals surface area contributed by atoms with Gasteiger partial charge in [0.15, 0.2) is 8.32 Å². The lowest BCUT2D eigenvalue weighted by atomic mass is 10.2. The highest BCUT2D eigenvalue weighted by Crippen LogP contribution is 2.37. The molecule has 0 N–H and O–H groups in total. The summed E-state index contributed by atoms with van der Waals surface area (Å²) in [4.78, 5) is 0. The minimum Gasteiger partial charge on any atom is -0.413 e. The van der Waals surface area contributed by atoms with Gasteiger partial charge in [-0.25, -0.2) is 4.68 Å². The Kier molecular flexibility index (Phi) is 4.92. The largest absolute Gasteiger partial charge is 0.413 e. The van der Waals surface area contributed by atoms with Crippen LogP contribution in [0.4, 0.5) is 0 Å². The molecule has 3 nitrogen and oxygen atoms in total. The molecular weight excluding hydrogens is 392 g/mol. The Morgan fingerprint density at radius 3 is 2.60 bits per heavy atom. The minimum atomic E-state index is -1.75. The van der Waals surface area contributed by atoms with Gasteiger partial charge in [0.05, 0.1) is 24.0 Å². The summed E-state index contributed by atoms with van der Waals surface area (Å²) in [5.41, 5.74) is 3.34. The fourth-order valence-electron chi connectivity index (χ4n) is 2.46. The van der Waals surface area contributed by atoms with Gasteiger partial charge in [0.1, 0.15) is 0 Å². The average Bonchev–Trinajstić information content (AvgIpc) is 2.95. The van der Waals surface area contributed by atoms with Crippen LogP contribution in [0, 0.1) is 0 Å². The van der Waals surface area contributed by atoms with Gasteiger partial charge >= 0.3 is 0 Å². The van der Waals surface area contributed by atoms with Gasteiger partial charge in [-0.2, -0.15) is 5.10 Å². The van der Waals surface area contributed by atoms with E-state index in [1.54, 1.807) is 0 Å². The number of benzene rings is 2. The summed E-state index contributed by atoms with van der Waals surface area (Å²) in [6.07, 6.45) is 1.90. The van der Waals surface area contributed by atoms with Crippen LogP contribution >= 0.6 is 15.9 Å². The monoisotopic (exact) mass is 416 g/mol. The molecule has 0 aliphatic carbocycles. The van der Waals surface area contributed by atoms with E-state index in [-0.39, 0.29) is 5.04 Å². The first-order valence-corrected chi connectivity index (χ1v) is 12.2. The average molecular weight is 417 g/mol. The lowest BCUT2D eigenvalue weighted by Crippen LogP contribution is -2.40. The second-order valence-corrected chi connectivity index (χ2v) is 13.7. The van der Waals surface area contributed by atoms with Crippen molar-refractivity contribution in [2.45, 2.75) is 45.5 Å². The normalized spacial score (nSPS) is 12.7. The number of nitrogens with zero attached hydrogens (tertiary/aromatic N) is 2. The molecule has 25 heavy (non-hydrogen) atoms. The lowest BCUT2D eigenvalue weighted by Gasteiger charge is -2.36. The third-order valence-corrected chi connectivity index (χ3v) is 10.1. The molecule has 0 bridgehead atoms. The van der Waals surface area contributed by atoms with E-state index in [0.29, 0.717) is 6.61 Å². The number of aromatic nitrogens is 2. The van der Waals surface area contributed by atoms with Crippen molar-refractivity contribution >= 4 is 35.2 Å². The third-order valence-electron chi connectivity index (χ3n) is 5.09. The molecule has 0 spiro atoms. The van der Waals surface area contributed by atoms with Crippen molar-refractivity contribution in [1.82, 2.24) is 9.78 Å². The van der Waals surface area contributed by atoms with Gasteiger partial charge in [-0.3, -0.25) is 0 Å². The molecule has 0 radical (unpaired) electrons. The molecule has 0 aliphatic rings. The Balaban J connectivity index is 1.88. The van der Waals surface area contributed by atoms with Crippen LogP contribution in [0.3, 0.4) is 0 Å². The Morgan fingerprint density at radius 1 is 1.12 bits per heavy atom. The summed E-state index contributed by atoms with van der Waals surface area (Å²) in [5.74, 6) is 0. The van der Waals surface area contributed by atoms with Crippen molar-refractivity contribution in [2.75, 3.05) is 0 Å². The molecule has 0 aliphatic heterocycles. The predicted octanol–water partition coefficient (Wildman–Crippen LogP) is 6.31. The van der Waals surface area contributed by atoms with E-state index >= 15 is 0 Å². The molecule has 3 aromatic rings. The highest BCUT2D eigenvalue weighted by molar-refractivity contribution is 9.10. The van der Waals surface area contributed by atoms with Crippen LogP contribution in [0.25, 0.3) is 16.6 Å². The Hall–Kier alpha value is -1.43. The van der Waals surface area contributed by atoms with Crippen molar-refractivity contribution in [3.63, 3.8) is 0 Å². The van der Waals surface area contributed by atoms with E-state index in [0.717, 1.165) is 21.1 Å². The molecule has 0 saturated heterocycles. The summed E-state index contributed by atoms with van der Waals surface area (Å²) < 4.78 is 9.40. The molecule has 5 heteroatoms. The second-order valence-electron chi connectivity index (χ2n) is 7.98. The predicted molar refractivity (Wildman–Crippen MR) is 111 cm³/mol. The van der Waals surface area contributed by atoms with E-state index < -0.39 is 8.32 Å². The summed E-state index contributed by atoms with van der Waals surface area (Å²) in [5, 5.41) is 5.91. The van der Waals surface area contributed by atoms with Gasteiger partial charge in [-0.15, -0.1) is 0 Å². The quantitative estimate of drug-likeness (QED) is 0.465. The molecule has 0 fully saturated rings. The number of fused-ring (bicyclic) bond motifs is 1. The molecule has 2 aromatic carbocycles. The second kappa shape index (κ2) is 6.70. The zero-order valence-electron chi connectivity index (χ0n) is 15.5. The van der Waals surface area contributed by atoms with Crippen LogP contribution < -0.4 is 0 Å². The van der Waals surface area contributed by atoms with Crippen LogP contribution in [0.5, 0.6) is 0 Å². The first-order chi connectivity index (χ1) is 11.7.